The van der Waals surface area contributed by atoms with E-state index in [1.54, 1.807) is 0 Å². The van der Waals surface area contributed by atoms with Crippen LogP contribution < -0.4 is 9.47 Å². The van der Waals surface area contributed by atoms with E-state index in [4.69, 9.17) is 9.47 Å². The maximum absolute atomic E-state index is 5.55. The number of imidazole rings is 1. The van der Waals surface area contributed by atoms with Gasteiger partial charge < -0.3 is 14.0 Å². The predicted octanol–water partition coefficient (Wildman–Crippen LogP) is 4.03. The highest BCUT2D eigenvalue weighted by Crippen LogP contribution is 2.37. The quantitative estimate of drug-likeness (QED) is 0.663. The molecule has 0 atom stereocenters. The van der Waals surface area contributed by atoms with E-state index in [1.165, 1.54) is 11.1 Å². The minimum absolute atomic E-state index is 0.176. The molecule has 2 aromatic carbocycles. The number of aromatic nitrogens is 2. The zero-order valence-corrected chi connectivity index (χ0v) is 16.1. The van der Waals surface area contributed by atoms with E-state index < -0.39 is 0 Å². The van der Waals surface area contributed by atoms with Gasteiger partial charge in [-0.3, -0.25) is 4.90 Å². The lowest BCUT2D eigenvalue weighted by Gasteiger charge is -2.36. The molecule has 0 radical (unpaired) electrons. The van der Waals surface area contributed by atoms with Crippen LogP contribution in [0.25, 0.3) is 0 Å². The van der Waals surface area contributed by atoms with Crippen molar-refractivity contribution in [1.29, 1.82) is 0 Å². The minimum Gasteiger partial charge on any atom is -0.454 e. The fraction of sp³-hybridized carbons (Fsp3) is 0.318. The summed E-state index contributed by atoms with van der Waals surface area (Å²) < 4.78 is 13.2. The van der Waals surface area contributed by atoms with Crippen LogP contribution in [0.4, 0.5) is 0 Å². The van der Waals surface area contributed by atoms with Crippen molar-refractivity contribution in [3.8, 4) is 11.5 Å². The van der Waals surface area contributed by atoms with E-state index >= 15 is 0 Å². The molecule has 0 fully saturated rings. The number of hydrogen-bond acceptors (Lipinski definition) is 4. The summed E-state index contributed by atoms with van der Waals surface area (Å²) in [6.07, 6.45) is 3.92. The van der Waals surface area contributed by atoms with Crippen molar-refractivity contribution in [1.82, 2.24) is 14.5 Å². The maximum Gasteiger partial charge on any atom is 0.231 e. The van der Waals surface area contributed by atoms with Gasteiger partial charge in [-0.25, -0.2) is 4.98 Å². The minimum atomic E-state index is -0.176. The van der Waals surface area contributed by atoms with Gasteiger partial charge in [-0.15, -0.1) is 0 Å². The topological polar surface area (TPSA) is 39.5 Å². The Hall–Kier alpha value is -2.79. The molecule has 27 heavy (non-hydrogen) atoms. The van der Waals surface area contributed by atoms with Crippen LogP contribution in [-0.4, -0.2) is 28.3 Å². The van der Waals surface area contributed by atoms with Gasteiger partial charge >= 0.3 is 0 Å². The highest BCUT2D eigenvalue weighted by Gasteiger charge is 2.29. The van der Waals surface area contributed by atoms with Crippen LogP contribution in [-0.2, 0) is 18.6 Å². The van der Waals surface area contributed by atoms with Crippen LogP contribution in [0.1, 0.15) is 30.8 Å². The first-order valence-electron chi connectivity index (χ1n) is 9.19. The van der Waals surface area contributed by atoms with Crippen molar-refractivity contribution < 1.29 is 9.47 Å². The predicted molar refractivity (Wildman–Crippen MR) is 105 cm³/mol. The molecule has 0 saturated heterocycles. The molecule has 1 aliphatic rings. The Bertz CT molecular complexity index is 918. The molecule has 5 nitrogen and oxygen atoms in total. The summed E-state index contributed by atoms with van der Waals surface area (Å²) in [7, 11) is 2.13. The Morgan fingerprint density at radius 2 is 1.85 bits per heavy atom. The zero-order valence-electron chi connectivity index (χ0n) is 16.1. The van der Waals surface area contributed by atoms with Gasteiger partial charge in [-0.2, -0.15) is 0 Å². The lowest BCUT2D eigenvalue weighted by atomic mass is 9.92. The third-order valence-corrected chi connectivity index (χ3v) is 5.41. The highest BCUT2D eigenvalue weighted by molar-refractivity contribution is 5.46. The molecule has 0 unspecified atom stereocenters. The van der Waals surface area contributed by atoms with Gasteiger partial charge in [0.2, 0.25) is 6.79 Å². The highest BCUT2D eigenvalue weighted by atomic mass is 16.7. The Labute approximate surface area is 160 Å². The fourth-order valence-corrected chi connectivity index (χ4v) is 3.32. The molecule has 0 amide bonds. The Balaban J connectivity index is 1.52. The number of ether oxygens (including phenoxy) is 2. The maximum atomic E-state index is 5.55. The molecule has 4 rings (SSSR count). The van der Waals surface area contributed by atoms with Crippen molar-refractivity contribution in [2.45, 2.75) is 32.5 Å². The molecule has 3 aromatic rings. The SMILES string of the molecule is CN(Cc1nccn1Cc1ccccc1)C(C)(C)c1ccc2c(c1)OCO2. The molecule has 0 aliphatic carbocycles. The Morgan fingerprint density at radius 1 is 1.07 bits per heavy atom. The molecule has 0 bridgehead atoms. The van der Waals surface area contributed by atoms with Crippen LogP contribution >= 0.6 is 0 Å². The second-order valence-corrected chi connectivity index (χ2v) is 7.44. The van der Waals surface area contributed by atoms with E-state index in [-0.39, 0.29) is 5.54 Å². The first-order chi connectivity index (χ1) is 13.0. The second-order valence-electron chi connectivity index (χ2n) is 7.44. The van der Waals surface area contributed by atoms with Crippen LogP contribution in [0.5, 0.6) is 11.5 Å². The van der Waals surface area contributed by atoms with E-state index in [0.717, 1.165) is 30.4 Å². The van der Waals surface area contributed by atoms with Gasteiger partial charge in [0.1, 0.15) is 5.82 Å². The molecule has 1 aromatic heterocycles. The average Bonchev–Trinajstić information content (AvgIpc) is 3.31. The largest absolute Gasteiger partial charge is 0.454 e. The van der Waals surface area contributed by atoms with Crippen LogP contribution in [0.3, 0.4) is 0 Å². The van der Waals surface area contributed by atoms with Gasteiger partial charge in [0, 0.05) is 24.5 Å². The lowest BCUT2D eigenvalue weighted by Crippen LogP contribution is -2.38. The van der Waals surface area contributed by atoms with Gasteiger partial charge in [0.15, 0.2) is 11.5 Å². The third kappa shape index (κ3) is 3.55. The summed E-state index contributed by atoms with van der Waals surface area (Å²) in [6.45, 7) is 6.31. The van der Waals surface area contributed by atoms with E-state index in [2.05, 4.69) is 71.7 Å². The standard InChI is InChI=1S/C22H25N3O2/c1-22(2,18-9-10-19-20(13-18)27-16-26-19)24(3)15-21-23-11-12-25(21)14-17-7-5-4-6-8-17/h4-13H,14-16H2,1-3H3. The van der Waals surface area contributed by atoms with Gasteiger partial charge in [-0.1, -0.05) is 36.4 Å². The van der Waals surface area contributed by atoms with E-state index in [0.29, 0.717) is 6.79 Å². The molecule has 1 aliphatic heterocycles. The average molecular weight is 363 g/mol. The summed E-state index contributed by atoms with van der Waals surface area (Å²) in [5.41, 5.74) is 2.29. The molecule has 0 spiro atoms. The molecule has 0 saturated carbocycles. The first kappa shape index (κ1) is 17.6. The number of hydrogen-bond donors (Lipinski definition) is 0. The molecule has 0 N–H and O–H groups in total. The number of nitrogens with zero attached hydrogens (tertiary/aromatic N) is 3. The van der Waals surface area contributed by atoms with Crippen LogP contribution in [0.2, 0.25) is 0 Å². The third-order valence-electron chi connectivity index (χ3n) is 5.41. The molecule has 140 valence electrons. The number of rotatable bonds is 6. The lowest BCUT2D eigenvalue weighted by molar-refractivity contribution is 0.142. The summed E-state index contributed by atoms with van der Waals surface area (Å²) >= 11 is 0. The molecule has 5 heteroatoms. The van der Waals surface area contributed by atoms with Crippen molar-refractivity contribution in [2.24, 2.45) is 0 Å². The van der Waals surface area contributed by atoms with Gasteiger partial charge in [0.05, 0.1) is 6.54 Å². The normalized spacial score (nSPS) is 13.3. The van der Waals surface area contributed by atoms with Gasteiger partial charge in [-0.05, 0) is 44.2 Å². The van der Waals surface area contributed by atoms with E-state index in [9.17, 15) is 0 Å². The number of benzene rings is 2. The summed E-state index contributed by atoms with van der Waals surface area (Å²) in [4.78, 5) is 6.91. The van der Waals surface area contributed by atoms with E-state index in [1.807, 2.05) is 24.5 Å². The second kappa shape index (κ2) is 7.08. The zero-order chi connectivity index (χ0) is 18.9. The molecular weight excluding hydrogens is 338 g/mol. The number of fused-ring (bicyclic) bond motifs is 1. The van der Waals surface area contributed by atoms with Crippen LogP contribution in [0.15, 0.2) is 60.9 Å². The summed E-state index contributed by atoms with van der Waals surface area (Å²) in [5, 5.41) is 0. The summed E-state index contributed by atoms with van der Waals surface area (Å²) in [6, 6.07) is 16.6. The van der Waals surface area contributed by atoms with Crippen molar-refractivity contribution in [3.63, 3.8) is 0 Å². The molecule has 2 heterocycles. The first-order valence-corrected chi connectivity index (χ1v) is 9.19. The summed E-state index contributed by atoms with van der Waals surface area (Å²) in [5.74, 6) is 2.69. The van der Waals surface area contributed by atoms with Crippen molar-refractivity contribution in [2.75, 3.05) is 13.8 Å². The fourth-order valence-electron chi connectivity index (χ4n) is 3.32. The van der Waals surface area contributed by atoms with Crippen molar-refractivity contribution >= 4 is 0 Å². The van der Waals surface area contributed by atoms with Crippen LogP contribution in [0, 0.1) is 0 Å². The molecular formula is C22H25N3O2. The smallest absolute Gasteiger partial charge is 0.231 e. The Kier molecular flexibility index (Phi) is 4.62. The monoisotopic (exact) mass is 363 g/mol. The Morgan fingerprint density at radius 3 is 2.67 bits per heavy atom. The van der Waals surface area contributed by atoms with Crippen molar-refractivity contribution in [3.05, 3.63) is 77.9 Å². The van der Waals surface area contributed by atoms with Gasteiger partial charge in [0.25, 0.3) is 0 Å².